The smallest absolute Gasteiger partial charge is 0.0526 e. The van der Waals surface area contributed by atoms with E-state index in [1.54, 1.807) is 0 Å². The van der Waals surface area contributed by atoms with E-state index in [0.717, 1.165) is 30.8 Å². The second-order valence-corrected chi connectivity index (χ2v) is 6.27. The van der Waals surface area contributed by atoms with Crippen LogP contribution in [0.1, 0.15) is 31.7 Å². The van der Waals surface area contributed by atoms with E-state index in [9.17, 15) is 0 Å². The van der Waals surface area contributed by atoms with Crippen molar-refractivity contribution in [1.82, 2.24) is 5.32 Å². The molecule has 0 amide bonds. The maximum Gasteiger partial charge on any atom is 0.0526 e. The van der Waals surface area contributed by atoms with Gasteiger partial charge in [0.25, 0.3) is 0 Å². The van der Waals surface area contributed by atoms with Crippen molar-refractivity contribution in [3.63, 3.8) is 0 Å². The second kappa shape index (κ2) is 6.18. The molecule has 0 spiro atoms. The molecule has 2 atom stereocenters. The van der Waals surface area contributed by atoms with E-state index in [4.69, 9.17) is 4.74 Å². The highest BCUT2D eigenvalue weighted by Gasteiger charge is 2.37. The fraction of sp³-hybridized carbons (Fsp3) is 0.600. The molecule has 0 saturated carbocycles. The molecule has 0 radical (unpaired) electrons. The minimum atomic E-state index is 0.245. The van der Waals surface area contributed by atoms with Crippen LogP contribution in [0.25, 0.3) is 0 Å². The van der Waals surface area contributed by atoms with E-state index >= 15 is 0 Å². The van der Waals surface area contributed by atoms with Crippen molar-refractivity contribution in [3.8, 4) is 0 Å². The van der Waals surface area contributed by atoms with Gasteiger partial charge in [-0.25, -0.2) is 0 Å². The fourth-order valence-electron chi connectivity index (χ4n) is 2.76. The van der Waals surface area contributed by atoms with E-state index in [0.29, 0.717) is 5.92 Å². The van der Waals surface area contributed by atoms with Gasteiger partial charge in [-0.3, -0.25) is 0 Å². The first-order valence-corrected chi connectivity index (χ1v) is 7.49. The molecule has 1 aliphatic rings. The molecule has 1 aromatic carbocycles. The van der Waals surface area contributed by atoms with E-state index in [-0.39, 0.29) is 5.41 Å². The highest BCUT2D eigenvalue weighted by Crippen LogP contribution is 2.41. The zero-order valence-corrected chi connectivity index (χ0v) is 12.8. The number of piperidine rings is 1. The van der Waals surface area contributed by atoms with Crippen LogP contribution in [0.15, 0.2) is 28.7 Å². The summed E-state index contributed by atoms with van der Waals surface area (Å²) >= 11 is 3.50. The van der Waals surface area contributed by atoms with Crippen LogP contribution in [0.4, 0.5) is 0 Å². The number of hydrogen-bond acceptors (Lipinski definition) is 2. The van der Waals surface area contributed by atoms with Crippen LogP contribution < -0.4 is 5.32 Å². The molecule has 1 N–H and O–H groups in total. The van der Waals surface area contributed by atoms with Crippen molar-refractivity contribution in [3.05, 3.63) is 34.3 Å². The average molecular weight is 312 g/mol. The average Bonchev–Trinajstić information content (AvgIpc) is 2.38. The van der Waals surface area contributed by atoms with Crippen LogP contribution in [0.3, 0.4) is 0 Å². The van der Waals surface area contributed by atoms with Gasteiger partial charge in [-0.2, -0.15) is 0 Å². The van der Waals surface area contributed by atoms with Crippen LogP contribution >= 0.6 is 15.9 Å². The van der Waals surface area contributed by atoms with Gasteiger partial charge < -0.3 is 10.1 Å². The molecule has 2 unspecified atom stereocenters. The third-order valence-electron chi connectivity index (χ3n) is 3.97. The lowest BCUT2D eigenvalue weighted by molar-refractivity contribution is 0.0279. The van der Waals surface area contributed by atoms with Crippen LogP contribution in [0.5, 0.6) is 0 Å². The third-order valence-corrected chi connectivity index (χ3v) is 4.50. The molecule has 1 fully saturated rings. The highest BCUT2D eigenvalue weighted by molar-refractivity contribution is 9.10. The number of benzene rings is 1. The van der Waals surface area contributed by atoms with Gasteiger partial charge in [0.05, 0.1) is 6.61 Å². The Morgan fingerprint density at radius 1 is 1.39 bits per heavy atom. The lowest BCUT2D eigenvalue weighted by Crippen LogP contribution is -2.44. The Bertz CT molecular complexity index is 379. The lowest BCUT2D eigenvalue weighted by Gasteiger charge is -2.42. The van der Waals surface area contributed by atoms with E-state index in [1.807, 2.05) is 0 Å². The van der Waals surface area contributed by atoms with Crippen LogP contribution in [0.2, 0.25) is 0 Å². The summed E-state index contributed by atoms with van der Waals surface area (Å²) in [6.45, 7) is 8.22. The molecule has 0 aliphatic carbocycles. The molecule has 1 saturated heterocycles. The second-order valence-electron chi connectivity index (χ2n) is 5.35. The summed E-state index contributed by atoms with van der Waals surface area (Å²) in [7, 11) is 0. The van der Waals surface area contributed by atoms with Crippen molar-refractivity contribution >= 4 is 15.9 Å². The zero-order chi connectivity index (χ0) is 13.0. The van der Waals surface area contributed by atoms with Gasteiger partial charge in [-0.15, -0.1) is 0 Å². The molecule has 1 aromatic rings. The summed E-state index contributed by atoms with van der Waals surface area (Å²) in [4.78, 5) is 0. The lowest BCUT2D eigenvalue weighted by atomic mass is 9.70. The first-order valence-electron chi connectivity index (χ1n) is 6.69. The van der Waals surface area contributed by atoms with E-state index in [1.165, 1.54) is 12.0 Å². The SMILES string of the molecule is CCOCC1(C)CCNCC1c1ccc(Br)cc1. The Labute approximate surface area is 118 Å². The molecule has 2 rings (SSSR count). The van der Waals surface area contributed by atoms with Crippen LogP contribution in [-0.4, -0.2) is 26.3 Å². The number of rotatable bonds is 4. The summed E-state index contributed by atoms with van der Waals surface area (Å²) in [6, 6.07) is 8.72. The standard InChI is InChI=1S/C15H22BrNO/c1-3-18-11-15(2)8-9-17-10-14(15)12-4-6-13(16)7-5-12/h4-7,14,17H,3,8-11H2,1-2H3. The van der Waals surface area contributed by atoms with Crippen LogP contribution in [0, 0.1) is 5.41 Å². The molecule has 0 bridgehead atoms. The molecule has 0 aromatic heterocycles. The number of nitrogens with one attached hydrogen (secondary N) is 1. The maximum absolute atomic E-state index is 5.71. The Hall–Kier alpha value is -0.380. The molecular formula is C15H22BrNO. The number of halogens is 1. The molecular weight excluding hydrogens is 290 g/mol. The fourth-order valence-corrected chi connectivity index (χ4v) is 3.03. The molecule has 3 heteroatoms. The van der Waals surface area contributed by atoms with Gasteiger partial charge in [-0.1, -0.05) is 35.0 Å². The molecule has 1 heterocycles. The number of hydrogen-bond donors (Lipinski definition) is 1. The quantitative estimate of drug-likeness (QED) is 0.918. The summed E-state index contributed by atoms with van der Waals surface area (Å²) in [5.41, 5.74) is 1.65. The highest BCUT2D eigenvalue weighted by atomic mass is 79.9. The van der Waals surface area contributed by atoms with E-state index < -0.39 is 0 Å². The zero-order valence-electron chi connectivity index (χ0n) is 11.2. The van der Waals surface area contributed by atoms with Gasteiger partial charge in [0.2, 0.25) is 0 Å². The van der Waals surface area contributed by atoms with Crippen molar-refractivity contribution < 1.29 is 4.74 Å². The monoisotopic (exact) mass is 311 g/mol. The largest absolute Gasteiger partial charge is 0.381 e. The maximum atomic E-state index is 5.71. The first-order chi connectivity index (χ1) is 8.65. The van der Waals surface area contributed by atoms with Gasteiger partial charge in [0.1, 0.15) is 0 Å². The Kier molecular flexibility index (Phi) is 4.82. The minimum Gasteiger partial charge on any atom is -0.381 e. The minimum absolute atomic E-state index is 0.245. The van der Waals surface area contributed by atoms with Gasteiger partial charge in [0, 0.05) is 29.0 Å². The Morgan fingerprint density at radius 2 is 2.11 bits per heavy atom. The molecule has 18 heavy (non-hydrogen) atoms. The van der Waals surface area contributed by atoms with Crippen molar-refractivity contribution in [2.45, 2.75) is 26.2 Å². The van der Waals surface area contributed by atoms with E-state index in [2.05, 4.69) is 59.4 Å². The Morgan fingerprint density at radius 3 is 2.78 bits per heavy atom. The first kappa shape index (κ1) is 14.0. The normalized spacial score (nSPS) is 28.3. The predicted octanol–water partition coefficient (Wildman–Crippen LogP) is 3.57. The molecule has 2 nitrogen and oxygen atoms in total. The summed E-state index contributed by atoms with van der Waals surface area (Å²) in [5, 5.41) is 3.51. The number of ether oxygens (including phenoxy) is 1. The summed E-state index contributed by atoms with van der Waals surface area (Å²) in [6.07, 6.45) is 1.17. The van der Waals surface area contributed by atoms with Gasteiger partial charge in [-0.05, 0) is 37.6 Å². The van der Waals surface area contributed by atoms with Crippen LogP contribution in [-0.2, 0) is 4.74 Å². The summed E-state index contributed by atoms with van der Waals surface area (Å²) < 4.78 is 6.85. The molecule has 1 aliphatic heterocycles. The van der Waals surface area contributed by atoms with Gasteiger partial charge in [0.15, 0.2) is 0 Å². The summed E-state index contributed by atoms with van der Waals surface area (Å²) in [5.74, 6) is 0.533. The third kappa shape index (κ3) is 3.14. The molecule has 100 valence electrons. The van der Waals surface area contributed by atoms with Crippen molar-refractivity contribution in [2.75, 3.05) is 26.3 Å². The van der Waals surface area contributed by atoms with Gasteiger partial charge >= 0.3 is 0 Å². The predicted molar refractivity (Wildman–Crippen MR) is 79.0 cm³/mol. The Balaban J connectivity index is 2.19. The van der Waals surface area contributed by atoms with Crippen molar-refractivity contribution in [2.24, 2.45) is 5.41 Å². The van der Waals surface area contributed by atoms with Crippen molar-refractivity contribution in [1.29, 1.82) is 0 Å². The topological polar surface area (TPSA) is 21.3 Å².